The van der Waals surface area contributed by atoms with Gasteiger partial charge in [0.05, 0.1) is 12.0 Å². The molecule has 0 unspecified atom stereocenters. The van der Waals surface area contributed by atoms with E-state index < -0.39 is 10.0 Å². The number of benzene rings is 2. The van der Waals surface area contributed by atoms with E-state index in [4.69, 9.17) is 4.74 Å². The molecule has 31 heavy (non-hydrogen) atoms. The number of ether oxygens (including phenoxy) is 1. The van der Waals surface area contributed by atoms with Crippen molar-refractivity contribution in [2.24, 2.45) is 0 Å². The van der Waals surface area contributed by atoms with Gasteiger partial charge < -0.3 is 9.64 Å². The predicted molar refractivity (Wildman–Crippen MR) is 122 cm³/mol. The van der Waals surface area contributed by atoms with Crippen LogP contribution >= 0.6 is 11.3 Å². The maximum absolute atomic E-state index is 13.3. The zero-order valence-corrected chi connectivity index (χ0v) is 19.0. The van der Waals surface area contributed by atoms with Gasteiger partial charge in [-0.05, 0) is 84.1 Å². The molecule has 1 aliphatic rings. The molecule has 3 aromatic rings. The van der Waals surface area contributed by atoms with Crippen molar-refractivity contribution < 1.29 is 17.9 Å². The number of rotatable bonds is 8. The van der Waals surface area contributed by atoms with E-state index in [2.05, 4.69) is 4.72 Å². The fourth-order valence-corrected chi connectivity index (χ4v) is 5.38. The third-order valence-corrected chi connectivity index (χ3v) is 7.50. The second-order valence-electron chi connectivity index (χ2n) is 7.61. The van der Waals surface area contributed by atoms with Gasteiger partial charge in [-0.1, -0.05) is 6.07 Å². The summed E-state index contributed by atoms with van der Waals surface area (Å²) in [6.45, 7) is 2.26. The Bertz CT molecular complexity index is 1170. The fraction of sp³-hybridized carbons (Fsp3) is 0.261. The molecule has 8 heteroatoms. The van der Waals surface area contributed by atoms with Crippen molar-refractivity contribution in [3.05, 3.63) is 76.0 Å². The van der Waals surface area contributed by atoms with Gasteiger partial charge in [-0.2, -0.15) is 11.3 Å². The molecule has 162 valence electrons. The van der Waals surface area contributed by atoms with E-state index in [0.29, 0.717) is 29.1 Å². The minimum absolute atomic E-state index is 0.0976. The highest BCUT2D eigenvalue weighted by atomic mass is 32.2. The predicted octanol–water partition coefficient (Wildman–Crippen LogP) is 4.67. The Hall–Kier alpha value is -2.84. The monoisotopic (exact) mass is 456 g/mol. The highest BCUT2D eigenvalue weighted by Gasteiger charge is 2.33. The van der Waals surface area contributed by atoms with Gasteiger partial charge in [0.2, 0.25) is 0 Å². The Kier molecular flexibility index (Phi) is 6.02. The third kappa shape index (κ3) is 4.91. The second kappa shape index (κ2) is 8.72. The molecular weight excluding hydrogens is 432 g/mol. The van der Waals surface area contributed by atoms with Crippen LogP contribution in [0.1, 0.15) is 34.3 Å². The van der Waals surface area contributed by atoms with Crippen LogP contribution in [0.2, 0.25) is 0 Å². The lowest BCUT2D eigenvalue weighted by molar-refractivity contribution is 0.0730. The fourth-order valence-electron chi connectivity index (χ4n) is 3.39. The van der Waals surface area contributed by atoms with Crippen molar-refractivity contribution in [1.29, 1.82) is 0 Å². The van der Waals surface area contributed by atoms with Crippen LogP contribution < -0.4 is 9.46 Å². The minimum atomic E-state index is -3.86. The summed E-state index contributed by atoms with van der Waals surface area (Å²) in [5, 5.41) is 4.03. The van der Waals surface area contributed by atoms with Gasteiger partial charge in [-0.3, -0.25) is 9.52 Å². The van der Waals surface area contributed by atoms with E-state index in [1.807, 2.05) is 21.7 Å². The molecule has 0 aliphatic heterocycles. The number of nitrogens with zero attached hydrogens (tertiary/aromatic N) is 1. The summed E-state index contributed by atoms with van der Waals surface area (Å²) in [5.74, 6) is 0.493. The number of thiophene rings is 1. The molecule has 1 amide bonds. The Balaban J connectivity index is 1.60. The van der Waals surface area contributed by atoms with Gasteiger partial charge in [-0.15, -0.1) is 0 Å². The molecule has 0 saturated heterocycles. The topological polar surface area (TPSA) is 75.7 Å². The van der Waals surface area contributed by atoms with Crippen LogP contribution in [0, 0.1) is 6.92 Å². The first-order valence-corrected chi connectivity index (χ1v) is 12.4. The van der Waals surface area contributed by atoms with E-state index >= 15 is 0 Å². The number of sulfonamides is 1. The zero-order valence-electron chi connectivity index (χ0n) is 17.4. The Morgan fingerprint density at radius 2 is 1.90 bits per heavy atom. The summed E-state index contributed by atoms with van der Waals surface area (Å²) in [7, 11) is -2.31. The van der Waals surface area contributed by atoms with Gasteiger partial charge >= 0.3 is 0 Å². The van der Waals surface area contributed by atoms with E-state index in [-0.39, 0.29) is 16.8 Å². The van der Waals surface area contributed by atoms with Gasteiger partial charge in [0.1, 0.15) is 5.75 Å². The average molecular weight is 457 g/mol. The molecule has 6 nitrogen and oxygen atoms in total. The maximum atomic E-state index is 13.3. The molecule has 1 fully saturated rings. The number of aryl methyl sites for hydroxylation is 1. The van der Waals surface area contributed by atoms with Gasteiger partial charge in [0.15, 0.2) is 0 Å². The van der Waals surface area contributed by atoms with Gasteiger partial charge in [-0.25, -0.2) is 8.42 Å². The van der Waals surface area contributed by atoms with E-state index in [9.17, 15) is 13.2 Å². The standard InChI is InChI=1S/C23H24N2O4S2/c1-16-3-4-18(23(26)25(20-7-8-20)14-17-11-12-30-15-17)13-22(16)31(27,28)24-19-5-9-21(29-2)10-6-19/h3-6,9-13,15,20,24H,7-8,14H2,1-2H3. The Morgan fingerprint density at radius 1 is 1.16 bits per heavy atom. The summed E-state index contributed by atoms with van der Waals surface area (Å²) in [4.78, 5) is 15.2. The number of hydrogen-bond acceptors (Lipinski definition) is 5. The molecule has 0 atom stereocenters. The molecule has 2 aromatic carbocycles. The summed E-state index contributed by atoms with van der Waals surface area (Å²) >= 11 is 1.60. The number of carbonyl (C=O) groups excluding carboxylic acids is 1. The molecule has 1 aliphatic carbocycles. The number of amides is 1. The third-order valence-electron chi connectivity index (χ3n) is 5.25. The Labute approximate surface area is 186 Å². The van der Waals surface area contributed by atoms with Gasteiger partial charge in [0.25, 0.3) is 15.9 Å². The quantitative estimate of drug-likeness (QED) is 0.534. The molecule has 1 aromatic heterocycles. The van der Waals surface area contributed by atoms with Crippen LogP contribution in [0.4, 0.5) is 5.69 Å². The largest absolute Gasteiger partial charge is 0.497 e. The number of carbonyl (C=O) groups is 1. The highest BCUT2D eigenvalue weighted by Crippen LogP contribution is 2.31. The van der Waals surface area contributed by atoms with Crippen molar-refractivity contribution in [3.63, 3.8) is 0 Å². The molecule has 0 spiro atoms. The molecule has 4 rings (SSSR count). The van der Waals surface area contributed by atoms with E-state index in [1.165, 1.54) is 6.07 Å². The summed E-state index contributed by atoms with van der Waals surface area (Å²) in [6.07, 6.45) is 1.96. The molecule has 1 saturated carbocycles. The summed E-state index contributed by atoms with van der Waals surface area (Å²) < 4.78 is 33.8. The van der Waals surface area contributed by atoms with Crippen LogP contribution in [-0.4, -0.2) is 32.4 Å². The van der Waals surface area contributed by atoms with Crippen molar-refractivity contribution in [3.8, 4) is 5.75 Å². The lowest BCUT2D eigenvalue weighted by atomic mass is 10.1. The number of hydrogen-bond donors (Lipinski definition) is 1. The average Bonchev–Trinajstić information content (AvgIpc) is 3.47. The first kappa shape index (κ1) is 21.4. The van der Waals surface area contributed by atoms with E-state index in [1.54, 1.807) is 61.8 Å². The Morgan fingerprint density at radius 3 is 2.52 bits per heavy atom. The summed E-state index contributed by atoms with van der Waals surface area (Å²) in [6, 6.07) is 13.7. The lowest BCUT2D eigenvalue weighted by Crippen LogP contribution is -2.32. The maximum Gasteiger partial charge on any atom is 0.262 e. The van der Waals surface area contributed by atoms with Crippen molar-refractivity contribution in [2.75, 3.05) is 11.8 Å². The van der Waals surface area contributed by atoms with Crippen molar-refractivity contribution in [2.45, 2.75) is 37.2 Å². The van der Waals surface area contributed by atoms with Crippen molar-refractivity contribution in [1.82, 2.24) is 4.90 Å². The second-order valence-corrected chi connectivity index (χ2v) is 10.0. The molecular formula is C23H24N2O4S2. The molecule has 0 radical (unpaired) electrons. The zero-order chi connectivity index (χ0) is 22.0. The van der Waals surface area contributed by atoms with Crippen LogP contribution in [0.5, 0.6) is 5.75 Å². The van der Waals surface area contributed by atoms with Crippen LogP contribution in [0.25, 0.3) is 0 Å². The lowest BCUT2D eigenvalue weighted by Gasteiger charge is -2.22. The SMILES string of the molecule is COc1ccc(NS(=O)(=O)c2cc(C(=O)N(Cc3ccsc3)C3CC3)ccc2C)cc1. The first-order valence-electron chi connectivity index (χ1n) is 9.97. The van der Waals surface area contributed by atoms with Gasteiger partial charge in [0, 0.05) is 23.8 Å². The molecule has 1 N–H and O–H groups in total. The van der Waals surface area contributed by atoms with Crippen molar-refractivity contribution >= 4 is 33.0 Å². The minimum Gasteiger partial charge on any atom is -0.497 e. The van der Waals surface area contributed by atoms with Crippen LogP contribution in [-0.2, 0) is 16.6 Å². The van der Waals surface area contributed by atoms with E-state index in [0.717, 1.165) is 18.4 Å². The molecule has 0 bridgehead atoms. The normalized spacial score (nSPS) is 13.6. The number of anilines is 1. The number of nitrogens with one attached hydrogen (secondary N) is 1. The first-order chi connectivity index (χ1) is 14.9. The highest BCUT2D eigenvalue weighted by molar-refractivity contribution is 7.92. The van der Waals surface area contributed by atoms with Crippen LogP contribution in [0.3, 0.4) is 0 Å². The summed E-state index contributed by atoms with van der Waals surface area (Å²) in [5.41, 5.74) is 2.47. The number of methoxy groups -OCH3 is 1. The molecule has 1 heterocycles. The van der Waals surface area contributed by atoms with Crippen LogP contribution in [0.15, 0.2) is 64.2 Å². The smallest absolute Gasteiger partial charge is 0.262 e.